The molecule has 2 aliphatic rings. The van der Waals surface area contributed by atoms with Crippen molar-refractivity contribution >= 4 is 5.90 Å². The fourth-order valence-corrected chi connectivity index (χ4v) is 2.69. The molecule has 21 heavy (non-hydrogen) atoms. The van der Waals surface area contributed by atoms with Gasteiger partial charge in [-0.2, -0.15) is 0 Å². The molecule has 114 valence electrons. The summed E-state index contributed by atoms with van der Waals surface area (Å²) in [7, 11) is 0. The third-order valence-electron chi connectivity index (χ3n) is 4.01. The maximum Gasteiger partial charge on any atom is 0.216 e. The van der Waals surface area contributed by atoms with Crippen molar-refractivity contribution in [2.24, 2.45) is 10.9 Å². The molecule has 2 aliphatic heterocycles. The lowest BCUT2D eigenvalue weighted by molar-refractivity contribution is 0.215. The van der Waals surface area contributed by atoms with Crippen LogP contribution in [0.15, 0.2) is 29.3 Å². The van der Waals surface area contributed by atoms with Crippen molar-refractivity contribution in [2.45, 2.75) is 32.2 Å². The van der Waals surface area contributed by atoms with Gasteiger partial charge in [-0.05, 0) is 70.0 Å². The van der Waals surface area contributed by atoms with Crippen molar-refractivity contribution in [3.63, 3.8) is 0 Å². The normalized spacial score (nSPS) is 21.7. The lowest BCUT2D eigenvalue weighted by Gasteiger charge is -2.22. The summed E-state index contributed by atoms with van der Waals surface area (Å²) in [5, 5.41) is 3.38. The first-order chi connectivity index (χ1) is 10.1. The summed E-state index contributed by atoms with van der Waals surface area (Å²) in [6.45, 7) is 7.84. The molecule has 4 nitrogen and oxygen atoms in total. The van der Waals surface area contributed by atoms with Gasteiger partial charge in [0.15, 0.2) is 0 Å². The lowest BCUT2D eigenvalue weighted by Crippen LogP contribution is -2.30. The molecule has 1 aromatic rings. The molecule has 0 saturated carbocycles. The van der Waals surface area contributed by atoms with Gasteiger partial charge in [0.1, 0.15) is 12.4 Å². The summed E-state index contributed by atoms with van der Waals surface area (Å²) < 4.78 is 11.5. The molecule has 4 heteroatoms. The number of ether oxygens (including phenoxy) is 2. The van der Waals surface area contributed by atoms with Crippen molar-refractivity contribution in [1.82, 2.24) is 5.32 Å². The van der Waals surface area contributed by atoms with E-state index in [1.165, 1.54) is 12.8 Å². The molecule has 0 unspecified atom stereocenters. The minimum atomic E-state index is -0.112. The van der Waals surface area contributed by atoms with Crippen LogP contribution in [-0.4, -0.2) is 37.7 Å². The van der Waals surface area contributed by atoms with Gasteiger partial charge in [0.2, 0.25) is 5.90 Å². The van der Waals surface area contributed by atoms with Crippen LogP contribution in [0.25, 0.3) is 0 Å². The number of hydrogen-bond donors (Lipinski definition) is 1. The number of rotatable bonds is 4. The second-order valence-corrected chi connectivity index (χ2v) is 6.55. The van der Waals surface area contributed by atoms with E-state index in [0.717, 1.165) is 36.9 Å². The summed E-state index contributed by atoms with van der Waals surface area (Å²) in [6, 6.07) is 8.07. The number of nitrogens with zero attached hydrogens (tertiary/aromatic N) is 1. The highest BCUT2D eigenvalue weighted by atomic mass is 16.5. The van der Waals surface area contributed by atoms with Gasteiger partial charge in [-0.3, -0.25) is 0 Å². The molecule has 0 amide bonds. The van der Waals surface area contributed by atoms with Gasteiger partial charge in [0.05, 0.1) is 12.1 Å². The van der Waals surface area contributed by atoms with Gasteiger partial charge in [-0.25, -0.2) is 4.99 Å². The van der Waals surface area contributed by atoms with E-state index >= 15 is 0 Å². The van der Waals surface area contributed by atoms with E-state index < -0.39 is 0 Å². The highest BCUT2D eigenvalue weighted by Crippen LogP contribution is 2.22. The second kappa shape index (κ2) is 6.06. The molecule has 0 spiro atoms. The van der Waals surface area contributed by atoms with Crippen LogP contribution < -0.4 is 10.1 Å². The van der Waals surface area contributed by atoms with Crippen molar-refractivity contribution in [2.75, 3.05) is 26.3 Å². The van der Waals surface area contributed by atoms with E-state index in [4.69, 9.17) is 9.47 Å². The molecule has 0 atom stereocenters. The quantitative estimate of drug-likeness (QED) is 0.926. The Balaban J connectivity index is 1.57. The summed E-state index contributed by atoms with van der Waals surface area (Å²) in [4.78, 5) is 4.59. The van der Waals surface area contributed by atoms with Crippen LogP contribution in [0.3, 0.4) is 0 Å². The molecule has 0 bridgehead atoms. The number of hydrogen-bond acceptors (Lipinski definition) is 4. The Hall–Kier alpha value is -1.55. The smallest absolute Gasteiger partial charge is 0.216 e. The number of nitrogens with one attached hydrogen (secondary N) is 1. The summed E-state index contributed by atoms with van der Waals surface area (Å²) in [5.41, 5.74) is 0.911. The number of aliphatic imine (C=N–C) groups is 1. The molecule has 1 N–H and O–H groups in total. The predicted molar refractivity (Wildman–Crippen MR) is 84.1 cm³/mol. The van der Waals surface area contributed by atoms with E-state index in [-0.39, 0.29) is 5.54 Å². The second-order valence-electron chi connectivity index (χ2n) is 6.55. The van der Waals surface area contributed by atoms with Gasteiger partial charge in [0.25, 0.3) is 0 Å². The maximum absolute atomic E-state index is 5.90. The Labute approximate surface area is 126 Å². The summed E-state index contributed by atoms with van der Waals surface area (Å²) in [6.07, 6.45) is 2.41. The van der Waals surface area contributed by atoms with Gasteiger partial charge in [0, 0.05) is 5.56 Å². The predicted octanol–water partition coefficient (Wildman–Crippen LogP) is 2.62. The first-order valence-electron chi connectivity index (χ1n) is 7.79. The first kappa shape index (κ1) is 14.4. The molecule has 1 aromatic carbocycles. The van der Waals surface area contributed by atoms with E-state index in [9.17, 15) is 0 Å². The maximum atomic E-state index is 5.90. The zero-order valence-electron chi connectivity index (χ0n) is 12.9. The topological polar surface area (TPSA) is 42.9 Å². The van der Waals surface area contributed by atoms with Crippen molar-refractivity contribution in [1.29, 1.82) is 0 Å². The first-order valence-corrected chi connectivity index (χ1v) is 7.79. The monoisotopic (exact) mass is 288 g/mol. The fraction of sp³-hybridized carbons (Fsp3) is 0.588. The minimum absolute atomic E-state index is 0.112. The standard InChI is InChI=1S/C17H24N2O2/c1-17(2)12-21-16(19-17)14-3-5-15(6-4-14)20-11-13-7-9-18-10-8-13/h3-6,13,18H,7-12H2,1-2H3. The van der Waals surface area contributed by atoms with E-state index in [2.05, 4.69) is 24.2 Å². The molecule has 3 rings (SSSR count). The Kier molecular flexibility index (Phi) is 4.15. The Bertz CT molecular complexity index is 502. The molecule has 2 heterocycles. The van der Waals surface area contributed by atoms with Crippen LogP contribution >= 0.6 is 0 Å². The highest BCUT2D eigenvalue weighted by Gasteiger charge is 2.26. The van der Waals surface area contributed by atoms with Gasteiger partial charge in [-0.15, -0.1) is 0 Å². The van der Waals surface area contributed by atoms with Gasteiger partial charge >= 0.3 is 0 Å². The zero-order valence-corrected chi connectivity index (χ0v) is 12.9. The summed E-state index contributed by atoms with van der Waals surface area (Å²) >= 11 is 0. The number of benzene rings is 1. The molecule has 0 aromatic heterocycles. The van der Waals surface area contributed by atoms with E-state index in [1.807, 2.05) is 24.3 Å². The van der Waals surface area contributed by atoms with Crippen LogP contribution in [0, 0.1) is 5.92 Å². The molecule has 1 fully saturated rings. The molecule has 0 aliphatic carbocycles. The molecular formula is C17H24N2O2. The van der Waals surface area contributed by atoms with Crippen molar-refractivity contribution < 1.29 is 9.47 Å². The van der Waals surface area contributed by atoms with E-state index in [1.54, 1.807) is 0 Å². The Morgan fingerprint density at radius 3 is 2.57 bits per heavy atom. The van der Waals surface area contributed by atoms with Crippen LogP contribution in [0.5, 0.6) is 5.75 Å². The third kappa shape index (κ3) is 3.76. The van der Waals surface area contributed by atoms with Gasteiger partial charge < -0.3 is 14.8 Å². The minimum Gasteiger partial charge on any atom is -0.493 e. The van der Waals surface area contributed by atoms with Crippen molar-refractivity contribution in [3.05, 3.63) is 29.8 Å². The summed E-state index contributed by atoms with van der Waals surface area (Å²) in [5.74, 6) is 2.34. The number of piperidine rings is 1. The average Bonchev–Trinajstić information content (AvgIpc) is 2.87. The Morgan fingerprint density at radius 2 is 1.95 bits per heavy atom. The van der Waals surface area contributed by atoms with Gasteiger partial charge in [-0.1, -0.05) is 0 Å². The average molecular weight is 288 g/mol. The lowest BCUT2D eigenvalue weighted by atomic mass is 9.99. The fourth-order valence-electron chi connectivity index (χ4n) is 2.69. The van der Waals surface area contributed by atoms with Crippen LogP contribution in [-0.2, 0) is 4.74 Å². The van der Waals surface area contributed by atoms with Crippen LogP contribution in [0.4, 0.5) is 0 Å². The third-order valence-corrected chi connectivity index (χ3v) is 4.01. The zero-order chi connectivity index (χ0) is 14.7. The van der Waals surface area contributed by atoms with Crippen LogP contribution in [0.2, 0.25) is 0 Å². The SMILES string of the molecule is CC1(C)COC(c2ccc(OCC3CCNCC3)cc2)=N1. The largest absolute Gasteiger partial charge is 0.493 e. The molecule has 1 saturated heterocycles. The Morgan fingerprint density at radius 1 is 1.24 bits per heavy atom. The molecule has 0 radical (unpaired) electrons. The van der Waals surface area contributed by atoms with Crippen LogP contribution in [0.1, 0.15) is 32.3 Å². The van der Waals surface area contributed by atoms with E-state index in [0.29, 0.717) is 12.5 Å². The molecular weight excluding hydrogens is 264 g/mol. The highest BCUT2D eigenvalue weighted by molar-refractivity contribution is 5.95. The van der Waals surface area contributed by atoms with Crippen molar-refractivity contribution in [3.8, 4) is 5.75 Å².